The van der Waals surface area contributed by atoms with Gasteiger partial charge < -0.3 is 19.3 Å². The van der Waals surface area contributed by atoms with Crippen molar-refractivity contribution in [1.29, 1.82) is 0 Å². The molecule has 1 unspecified atom stereocenters. The zero-order valence-corrected chi connectivity index (χ0v) is 21.8. The van der Waals surface area contributed by atoms with Gasteiger partial charge in [-0.1, -0.05) is 17.7 Å². The van der Waals surface area contributed by atoms with E-state index in [1.165, 1.54) is 12.0 Å². The first-order valence-corrected chi connectivity index (χ1v) is 12.3. The molecule has 3 aromatic carbocycles. The van der Waals surface area contributed by atoms with Crippen molar-refractivity contribution in [3.63, 3.8) is 0 Å². The normalized spacial score (nSPS) is 16.7. The van der Waals surface area contributed by atoms with E-state index in [1.54, 1.807) is 60.7 Å². The average molecular weight is 522 g/mol. The molecule has 1 fully saturated rings. The number of aliphatic hydroxyl groups excluding tert-OH is 1. The van der Waals surface area contributed by atoms with Crippen LogP contribution in [0.25, 0.3) is 5.76 Å². The van der Waals surface area contributed by atoms with E-state index < -0.39 is 17.7 Å². The number of nitrogens with zero attached hydrogens (tertiary/aromatic N) is 1. The molecule has 1 saturated heterocycles. The third kappa shape index (κ3) is 5.00. The van der Waals surface area contributed by atoms with E-state index in [0.29, 0.717) is 52.3 Å². The topological polar surface area (TPSA) is 85.3 Å². The number of Topliss-reactive ketones (excluding diaryl/α,β-unsaturated/α-hetero) is 1. The molecule has 0 radical (unpaired) electrons. The van der Waals surface area contributed by atoms with Gasteiger partial charge in [-0.15, -0.1) is 0 Å². The van der Waals surface area contributed by atoms with Crippen molar-refractivity contribution in [1.82, 2.24) is 0 Å². The standard InChI is InChI=1S/C29H28ClNO6/c1-5-36-22-13-8-19(15-17(22)3)27(32)25-26(18-7-14-23(35-4)24(16-18)37-6-2)31(29(34)28(25)33)21-11-9-20(30)10-12-21/h7-16,26,32H,5-6H2,1-4H3/b27-25-. The van der Waals surface area contributed by atoms with Crippen molar-refractivity contribution >= 4 is 34.7 Å². The number of ketones is 1. The molecule has 4 rings (SSSR count). The van der Waals surface area contributed by atoms with Crippen LogP contribution in [0.2, 0.25) is 5.02 Å². The highest BCUT2D eigenvalue weighted by Crippen LogP contribution is 2.44. The van der Waals surface area contributed by atoms with Crippen molar-refractivity contribution in [3.8, 4) is 17.2 Å². The molecule has 1 amide bonds. The van der Waals surface area contributed by atoms with Crippen LogP contribution in [0.4, 0.5) is 5.69 Å². The minimum Gasteiger partial charge on any atom is -0.507 e. The predicted molar refractivity (Wildman–Crippen MR) is 143 cm³/mol. The number of anilines is 1. The van der Waals surface area contributed by atoms with Gasteiger partial charge in [-0.2, -0.15) is 0 Å². The summed E-state index contributed by atoms with van der Waals surface area (Å²) in [6, 6.07) is 16.0. The molecule has 1 aliphatic heterocycles. The summed E-state index contributed by atoms with van der Waals surface area (Å²) < 4.78 is 16.8. The van der Waals surface area contributed by atoms with Crippen molar-refractivity contribution in [3.05, 3.63) is 87.9 Å². The Labute approximate surface area is 220 Å². The van der Waals surface area contributed by atoms with Crippen molar-refractivity contribution in [2.45, 2.75) is 26.8 Å². The highest BCUT2D eigenvalue weighted by molar-refractivity contribution is 6.51. The summed E-state index contributed by atoms with van der Waals surface area (Å²) in [6.07, 6.45) is 0. The molecule has 8 heteroatoms. The molecular formula is C29H28ClNO6. The Morgan fingerprint density at radius 1 is 0.919 bits per heavy atom. The summed E-state index contributed by atoms with van der Waals surface area (Å²) >= 11 is 6.07. The maximum absolute atomic E-state index is 13.4. The Kier molecular flexibility index (Phi) is 7.74. The van der Waals surface area contributed by atoms with Crippen molar-refractivity contribution < 1.29 is 28.9 Å². The maximum Gasteiger partial charge on any atom is 0.300 e. The third-order valence-electron chi connectivity index (χ3n) is 6.10. The highest BCUT2D eigenvalue weighted by atomic mass is 35.5. The van der Waals surface area contributed by atoms with Crippen LogP contribution in [0.1, 0.15) is 36.6 Å². The van der Waals surface area contributed by atoms with E-state index in [1.807, 2.05) is 20.8 Å². The quantitative estimate of drug-likeness (QED) is 0.220. The van der Waals surface area contributed by atoms with E-state index in [0.717, 1.165) is 5.56 Å². The summed E-state index contributed by atoms with van der Waals surface area (Å²) in [5, 5.41) is 11.9. The molecule has 37 heavy (non-hydrogen) atoms. The Balaban J connectivity index is 1.93. The van der Waals surface area contributed by atoms with Gasteiger partial charge in [0.2, 0.25) is 0 Å². The first-order chi connectivity index (χ1) is 17.8. The van der Waals surface area contributed by atoms with E-state index in [2.05, 4.69) is 0 Å². The number of amides is 1. The molecular weight excluding hydrogens is 494 g/mol. The lowest BCUT2D eigenvalue weighted by molar-refractivity contribution is -0.132. The number of halogens is 1. The minimum absolute atomic E-state index is 0.0314. The smallest absolute Gasteiger partial charge is 0.300 e. The van der Waals surface area contributed by atoms with E-state index in [9.17, 15) is 14.7 Å². The zero-order valence-electron chi connectivity index (χ0n) is 21.1. The fourth-order valence-electron chi connectivity index (χ4n) is 4.42. The van der Waals surface area contributed by atoms with Gasteiger partial charge in [0, 0.05) is 16.3 Å². The number of ether oxygens (including phenoxy) is 3. The molecule has 1 heterocycles. The number of aryl methyl sites for hydroxylation is 1. The Hall–Kier alpha value is -3.97. The summed E-state index contributed by atoms with van der Waals surface area (Å²) in [6.45, 7) is 6.47. The molecule has 1 aliphatic rings. The number of methoxy groups -OCH3 is 1. The highest BCUT2D eigenvalue weighted by Gasteiger charge is 2.47. The lowest BCUT2D eigenvalue weighted by Gasteiger charge is -2.26. The summed E-state index contributed by atoms with van der Waals surface area (Å²) in [5.74, 6) is -0.186. The molecule has 7 nitrogen and oxygen atoms in total. The second-order valence-corrected chi connectivity index (χ2v) is 8.84. The molecule has 3 aromatic rings. The van der Waals surface area contributed by atoms with Gasteiger partial charge in [0.1, 0.15) is 11.5 Å². The van der Waals surface area contributed by atoms with Crippen molar-refractivity contribution in [2.24, 2.45) is 0 Å². The van der Waals surface area contributed by atoms with Crippen LogP contribution < -0.4 is 19.1 Å². The average Bonchev–Trinajstić information content (AvgIpc) is 3.16. The van der Waals surface area contributed by atoms with Crippen molar-refractivity contribution in [2.75, 3.05) is 25.2 Å². The number of aliphatic hydroxyl groups is 1. The lowest BCUT2D eigenvalue weighted by Crippen LogP contribution is -2.29. The van der Waals surface area contributed by atoms with E-state index in [4.69, 9.17) is 25.8 Å². The van der Waals surface area contributed by atoms with E-state index >= 15 is 0 Å². The van der Waals surface area contributed by atoms with Crippen LogP contribution in [0.15, 0.2) is 66.2 Å². The molecule has 0 bridgehead atoms. The predicted octanol–water partition coefficient (Wildman–Crippen LogP) is 6.08. The fraction of sp³-hybridized carbons (Fsp3) is 0.241. The second-order valence-electron chi connectivity index (χ2n) is 8.40. The first-order valence-electron chi connectivity index (χ1n) is 11.9. The van der Waals surface area contributed by atoms with Gasteiger partial charge in [-0.3, -0.25) is 14.5 Å². The van der Waals surface area contributed by atoms with Crippen LogP contribution in [0.5, 0.6) is 17.2 Å². The molecule has 0 saturated carbocycles. The van der Waals surface area contributed by atoms with Gasteiger partial charge in [0.05, 0.1) is 31.9 Å². The molecule has 0 aromatic heterocycles. The molecule has 192 valence electrons. The molecule has 0 spiro atoms. The van der Waals surface area contributed by atoms with Crippen LogP contribution in [-0.2, 0) is 9.59 Å². The van der Waals surface area contributed by atoms with Gasteiger partial charge in [0.25, 0.3) is 11.7 Å². The SMILES string of the molecule is CCOc1ccc(/C(O)=C2/C(=O)C(=O)N(c3ccc(Cl)cc3)C2c2ccc(OC)c(OCC)c2)cc1C. The molecule has 0 aliphatic carbocycles. The zero-order chi connectivity index (χ0) is 26.7. The number of rotatable bonds is 8. The van der Waals surface area contributed by atoms with Gasteiger partial charge in [0.15, 0.2) is 11.5 Å². The second kappa shape index (κ2) is 11.0. The maximum atomic E-state index is 13.4. The summed E-state index contributed by atoms with van der Waals surface area (Å²) in [5.41, 5.74) is 2.20. The number of hydrogen-bond acceptors (Lipinski definition) is 6. The Bertz CT molecular complexity index is 1370. The van der Waals surface area contributed by atoms with Gasteiger partial charge in [-0.05, 0) is 86.5 Å². The van der Waals surface area contributed by atoms with E-state index in [-0.39, 0.29) is 11.3 Å². The molecule has 1 atom stereocenters. The van der Waals surface area contributed by atoms with Crippen LogP contribution in [0.3, 0.4) is 0 Å². The number of carbonyl (C=O) groups is 2. The number of carbonyl (C=O) groups excluding carboxylic acids is 2. The molecule has 1 N–H and O–H groups in total. The van der Waals surface area contributed by atoms with Gasteiger partial charge in [-0.25, -0.2) is 0 Å². The van der Waals surface area contributed by atoms with Crippen LogP contribution in [0, 0.1) is 6.92 Å². The van der Waals surface area contributed by atoms with Crippen LogP contribution >= 0.6 is 11.6 Å². The summed E-state index contributed by atoms with van der Waals surface area (Å²) in [7, 11) is 1.53. The minimum atomic E-state index is -0.918. The summed E-state index contributed by atoms with van der Waals surface area (Å²) in [4.78, 5) is 28.2. The fourth-order valence-corrected chi connectivity index (χ4v) is 4.54. The Morgan fingerprint density at radius 3 is 2.19 bits per heavy atom. The van der Waals surface area contributed by atoms with Gasteiger partial charge >= 0.3 is 0 Å². The first kappa shape index (κ1) is 26.1. The monoisotopic (exact) mass is 521 g/mol. The number of hydrogen-bond donors (Lipinski definition) is 1. The largest absolute Gasteiger partial charge is 0.507 e. The third-order valence-corrected chi connectivity index (χ3v) is 6.35. The Morgan fingerprint density at radius 2 is 1.57 bits per heavy atom. The number of benzene rings is 3. The van der Waals surface area contributed by atoms with Crippen LogP contribution in [-0.4, -0.2) is 37.1 Å². The lowest BCUT2D eigenvalue weighted by atomic mass is 9.94.